The Morgan fingerprint density at radius 1 is 1.29 bits per heavy atom. The highest BCUT2D eigenvalue weighted by atomic mass is 32.2. The van der Waals surface area contributed by atoms with Gasteiger partial charge in [0.15, 0.2) is 5.69 Å². The molecule has 124 valence electrons. The summed E-state index contributed by atoms with van der Waals surface area (Å²) in [4.78, 5) is 20.3. The molecule has 0 saturated carbocycles. The van der Waals surface area contributed by atoms with Crippen molar-refractivity contribution in [2.75, 3.05) is 5.75 Å². The first-order valence-electron chi connectivity index (χ1n) is 7.88. The normalized spacial score (nSPS) is 16.5. The maximum absolute atomic E-state index is 10.8. The quantitative estimate of drug-likeness (QED) is 0.891. The fourth-order valence-corrected chi connectivity index (χ4v) is 4.30. The number of carbonyl (C=O) groups is 1. The Bertz CT molecular complexity index is 811. The van der Waals surface area contributed by atoms with Gasteiger partial charge in [0.05, 0.1) is 18.1 Å². The van der Waals surface area contributed by atoms with Crippen molar-refractivity contribution < 1.29 is 9.90 Å². The van der Waals surface area contributed by atoms with Crippen LogP contribution in [0.2, 0.25) is 0 Å². The van der Waals surface area contributed by atoms with Crippen LogP contribution in [0.1, 0.15) is 54.5 Å². The number of thioether (sulfide) groups is 1. The average Bonchev–Trinajstić information content (AvgIpc) is 2.55. The van der Waals surface area contributed by atoms with Crippen molar-refractivity contribution in [2.45, 2.75) is 37.5 Å². The van der Waals surface area contributed by atoms with Crippen LogP contribution in [0.5, 0.6) is 0 Å². The van der Waals surface area contributed by atoms with E-state index in [4.69, 9.17) is 5.11 Å². The number of hydrogen-bond donors (Lipinski definition) is 1. The lowest BCUT2D eigenvalue weighted by Crippen LogP contribution is -2.22. The van der Waals surface area contributed by atoms with Gasteiger partial charge in [-0.15, -0.1) is 11.8 Å². The Labute approximate surface area is 146 Å². The lowest BCUT2D eigenvalue weighted by molar-refractivity contribution is 0.0690. The Morgan fingerprint density at radius 3 is 2.75 bits per heavy atom. The minimum atomic E-state index is -1.07. The largest absolute Gasteiger partial charge is 0.476 e. The smallest absolute Gasteiger partial charge is 0.356 e. The van der Waals surface area contributed by atoms with Crippen molar-refractivity contribution in [3.8, 4) is 0 Å². The van der Waals surface area contributed by atoms with E-state index in [0.717, 1.165) is 11.1 Å². The SMILES string of the molecule is CC(=Cc1cnc(C(=O)O)cn1)c1ccc2c(c1)C(C)(C)CCS2. The van der Waals surface area contributed by atoms with Crippen LogP contribution in [0, 0.1) is 0 Å². The molecule has 1 aliphatic heterocycles. The fourth-order valence-electron chi connectivity index (χ4n) is 2.81. The number of allylic oxidation sites excluding steroid dienone is 1. The van der Waals surface area contributed by atoms with Crippen LogP contribution in [0.15, 0.2) is 35.5 Å². The Morgan fingerprint density at radius 2 is 2.08 bits per heavy atom. The van der Waals surface area contributed by atoms with Gasteiger partial charge in [0, 0.05) is 4.90 Å². The lowest BCUT2D eigenvalue weighted by atomic mass is 9.80. The standard InChI is InChI=1S/C19H20N2O2S/c1-12(8-14-10-21-16(11-20-14)18(22)23)13-4-5-17-15(9-13)19(2,3)6-7-24-17/h4-5,8-11H,6-7H2,1-3H3,(H,22,23). The van der Waals surface area contributed by atoms with Gasteiger partial charge in [0.1, 0.15) is 0 Å². The zero-order chi connectivity index (χ0) is 17.3. The molecule has 1 aromatic carbocycles. The number of aromatic nitrogens is 2. The molecule has 3 rings (SSSR count). The van der Waals surface area contributed by atoms with Crippen molar-refractivity contribution >= 4 is 29.4 Å². The van der Waals surface area contributed by atoms with Gasteiger partial charge in [0.2, 0.25) is 0 Å². The predicted molar refractivity (Wildman–Crippen MR) is 97.3 cm³/mol. The summed E-state index contributed by atoms with van der Waals surface area (Å²) >= 11 is 1.92. The molecule has 0 fully saturated rings. The molecule has 1 aromatic heterocycles. The van der Waals surface area contributed by atoms with Crippen LogP contribution in [0.3, 0.4) is 0 Å². The van der Waals surface area contributed by atoms with Crippen LogP contribution in [0.4, 0.5) is 0 Å². The van der Waals surface area contributed by atoms with E-state index < -0.39 is 5.97 Å². The van der Waals surface area contributed by atoms with Gasteiger partial charge in [-0.3, -0.25) is 4.98 Å². The number of nitrogens with zero attached hydrogens (tertiary/aromatic N) is 2. The van der Waals surface area contributed by atoms with E-state index in [-0.39, 0.29) is 11.1 Å². The van der Waals surface area contributed by atoms with Crippen LogP contribution < -0.4 is 0 Å². The molecule has 0 aliphatic carbocycles. The molecule has 0 spiro atoms. The number of benzene rings is 1. The maximum Gasteiger partial charge on any atom is 0.356 e. The first-order valence-corrected chi connectivity index (χ1v) is 8.87. The summed E-state index contributed by atoms with van der Waals surface area (Å²) < 4.78 is 0. The van der Waals surface area contributed by atoms with E-state index in [2.05, 4.69) is 42.0 Å². The van der Waals surface area contributed by atoms with E-state index in [1.54, 1.807) is 0 Å². The average molecular weight is 340 g/mol. The topological polar surface area (TPSA) is 63.1 Å². The minimum Gasteiger partial charge on any atom is -0.476 e. The lowest BCUT2D eigenvalue weighted by Gasteiger charge is -2.32. The molecule has 4 nitrogen and oxygen atoms in total. The molecule has 2 aromatic rings. The Hall–Kier alpha value is -2.14. The van der Waals surface area contributed by atoms with Crippen molar-refractivity contribution in [1.29, 1.82) is 0 Å². The number of carboxylic acids is 1. The van der Waals surface area contributed by atoms with Crippen molar-refractivity contribution in [3.05, 3.63) is 53.1 Å². The van der Waals surface area contributed by atoms with Crippen LogP contribution >= 0.6 is 11.8 Å². The Balaban J connectivity index is 1.92. The summed E-state index contributed by atoms with van der Waals surface area (Å²) in [5, 5.41) is 8.88. The van der Waals surface area contributed by atoms with Gasteiger partial charge in [-0.1, -0.05) is 19.9 Å². The summed E-state index contributed by atoms with van der Waals surface area (Å²) in [6, 6.07) is 6.61. The van der Waals surface area contributed by atoms with E-state index >= 15 is 0 Å². The van der Waals surface area contributed by atoms with Crippen molar-refractivity contribution in [1.82, 2.24) is 9.97 Å². The second kappa shape index (κ2) is 6.40. The highest BCUT2D eigenvalue weighted by molar-refractivity contribution is 7.99. The zero-order valence-electron chi connectivity index (χ0n) is 14.0. The van der Waals surface area contributed by atoms with E-state index in [1.165, 1.54) is 35.0 Å². The highest BCUT2D eigenvalue weighted by Gasteiger charge is 2.27. The number of fused-ring (bicyclic) bond motifs is 1. The van der Waals surface area contributed by atoms with Gasteiger partial charge in [0.25, 0.3) is 0 Å². The summed E-state index contributed by atoms with van der Waals surface area (Å²) in [6.07, 6.45) is 5.89. The molecular formula is C19H20N2O2S. The van der Waals surface area contributed by atoms with Gasteiger partial charge in [-0.2, -0.15) is 0 Å². The van der Waals surface area contributed by atoms with E-state index in [0.29, 0.717) is 5.69 Å². The monoisotopic (exact) mass is 340 g/mol. The third-order valence-electron chi connectivity index (χ3n) is 4.40. The summed E-state index contributed by atoms with van der Waals surface area (Å²) in [6.45, 7) is 6.63. The molecule has 2 heterocycles. The fraction of sp³-hybridized carbons (Fsp3) is 0.316. The van der Waals surface area contributed by atoms with Crippen molar-refractivity contribution in [3.63, 3.8) is 0 Å². The minimum absolute atomic E-state index is 0.0441. The molecular weight excluding hydrogens is 320 g/mol. The maximum atomic E-state index is 10.8. The third-order valence-corrected chi connectivity index (χ3v) is 5.48. The number of aromatic carboxylic acids is 1. The van der Waals surface area contributed by atoms with Gasteiger partial charge < -0.3 is 5.11 Å². The first kappa shape index (κ1) is 16.7. The van der Waals surface area contributed by atoms with E-state index in [9.17, 15) is 4.79 Å². The molecule has 0 bridgehead atoms. The molecule has 0 radical (unpaired) electrons. The highest BCUT2D eigenvalue weighted by Crippen LogP contribution is 2.42. The Kier molecular flexibility index (Phi) is 4.45. The summed E-state index contributed by atoms with van der Waals surface area (Å²) in [5.41, 5.74) is 4.45. The second-order valence-electron chi connectivity index (χ2n) is 6.65. The van der Waals surface area contributed by atoms with Crippen molar-refractivity contribution in [2.24, 2.45) is 0 Å². The van der Waals surface area contributed by atoms with E-state index in [1.807, 2.05) is 24.8 Å². The molecule has 0 saturated heterocycles. The summed E-state index contributed by atoms with van der Waals surface area (Å²) in [7, 11) is 0. The molecule has 5 heteroatoms. The molecule has 0 atom stereocenters. The van der Waals surface area contributed by atoms with Crippen LogP contribution in [-0.2, 0) is 5.41 Å². The number of rotatable bonds is 3. The van der Waals surface area contributed by atoms with Gasteiger partial charge in [-0.05, 0) is 59.4 Å². The first-order chi connectivity index (χ1) is 11.4. The second-order valence-corrected chi connectivity index (χ2v) is 7.79. The molecule has 24 heavy (non-hydrogen) atoms. The molecule has 1 aliphatic rings. The molecule has 0 amide bonds. The van der Waals surface area contributed by atoms with Gasteiger partial charge in [-0.25, -0.2) is 9.78 Å². The third kappa shape index (κ3) is 3.36. The molecule has 0 unspecified atom stereocenters. The zero-order valence-corrected chi connectivity index (χ0v) is 14.9. The predicted octanol–water partition coefficient (Wildman–Crippen LogP) is 4.51. The van der Waals surface area contributed by atoms with Gasteiger partial charge >= 0.3 is 5.97 Å². The molecule has 1 N–H and O–H groups in total. The van der Waals surface area contributed by atoms with Crippen LogP contribution in [-0.4, -0.2) is 26.8 Å². The number of hydrogen-bond acceptors (Lipinski definition) is 4. The van der Waals surface area contributed by atoms with Crippen LogP contribution in [0.25, 0.3) is 11.6 Å². The summed E-state index contributed by atoms with van der Waals surface area (Å²) in [5.74, 6) is 0.101. The number of carboxylic acid groups (broad SMARTS) is 1.